The Morgan fingerprint density at radius 1 is 1.11 bits per heavy atom. The largest absolute Gasteiger partial charge is 0.494 e. The van der Waals surface area contributed by atoms with Crippen molar-refractivity contribution in [3.8, 4) is 11.5 Å². The van der Waals surface area contributed by atoms with Crippen LogP contribution >= 0.6 is 11.6 Å². The molecule has 1 N–H and O–H groups in total. The summed E-state index contributed by atoms with van der Waals surface area (Å²) in [6.07, 6.45) is -6.85. The first-order chi connectivity index (χ1) is 13.3. The van der Waals surface area contributed by atoms with E-state index in [-0.39, 0.29) is 5.75 Å². The van der Waals surface area contributed by atoms with Gasteiger partial charge in [-0.05, 0) is 60.8 Å². The Hall–Kier alpha value is -1.99. The van der Waals surface area contributed by atoms with Crippen molar-refractivity contribution < 1.29 is 27.0 Å². The maximum Gasteiger partial charge on any atom is 0.461 e. The van der Waals surface area contributed by atoms with Crippen LogP contribution in [0, 0.1) is 0 Å². The van der Waals surface area contributed by atoms with Crippen molar-refractivity contribution >= 4 is 11.6 Å². The predicted molar refractivity (Wildman–Crippen MR) is 101 cm³/mol. The molecule has 0 aromatic heterocycles. The van der Waals surface area contributed by atoms with E-state index in [1.54, 1.807) is 12.1 Å². The number of nitrogens with one attached hydrogen (secondary N) is 1. The lowest BCUT2D eigenvalue weighted by molar-refractivity contribution is -0.253. The van der Waals surface area contributed by atoms with E-state index in [4.69, 9.17) is 16.3 Å². The second-order valence-electron chi connectivity index (χ2n) is 6.10. The molecule has 28 heavy (non-hydrogen) atoms. The normalized spacial score (nSPS) is 11.7. The molecular formula is C20H22ClF4NO2. The lowest BCUT2D eigenvalue weighted by atomic mass is 10.1. The molecule has 2 rings (SSSR count). The molecule has 0 bridgehead atoms. The van der Waals surface area contributed by atoms with Crippen LogP contribution in [-0.4, -0.2) is 25.7 Å². The zero-order valence-corrected chi connectivity index (χ0v) is 16.1. The fourth-order valence-corrected chi connectivity index (χ4v) is 2.70. The summed E-state index contributed by atoms with van der Waals surface area (Å²) in [6, 6.07) is 11.2. The van der Waals surface area contributed by atoms with E-state index >= 15 is 0 Å². The molecule has 0 saturated carbocycles. The van der Waals surface area contributed by atoms with E-state index in [1.165, 1.54) is 18.2 Å². The van der Waals surface area contributed by atoms with Crippen LogP contribution in [0.1, 0.15) is 24.5 Å². The minimum Gasteiger partial charge on any atom is -0.494 e. The maximum atomic E-state index is 13.0. The highest BCUT2D eigenvalue weighted by atomic mass is 35.5. The van der Waals surface area contributed by atoms with Crippen LogP contribution in [0.15, 0.2) is 42.5 Å². The Kier molecular flexibility index (Phi) is 8.38. The number of ether oxygens (including phenoxy) is 2. The first kappa shape index (κ1) is 22.3. The number of hydrogen-bond donors (Lipinski definition) is 1. The van der Waals surface area contributed by atoms with E-state index in [0.29, 0.717) is 30.3 Å². The molecule has 0 aliphatic rings. The van der Waals surface area contributed by atoms with E-state index in [0.717, 1.165) is 24.2 Å². The van der Waals surface area contributed by atoms with Crippen LogP contribution in [0.3, 0.4) is 0 Å². The Morgan fingerprint density at radius 2 is 1.89 bits per heavy atom. The Bertz CT molecular complexity index is 759. The Labute approximate surface area is 166 Å². The highest BCUT2D eigenvalue weighted by Crippen LogP contribution is 2.28. The fraction of sp³-hybridized carbons (Fsp3) is 0.400. The predicted octanol–water partition coefficient (Wildman–Crippen LogP) is 5.70. The first-order valence-corrected chi connectivity index (χ1v) is 9.25. The number of benzene rings is 2. The summed E-state index contributed by atoms with van der Waals surface area (Å²) >= 11 is 6.07. The summed E-state index contributed by atoms with van der Waals surface area (Å²) in [6.45, 7) is 3.54. The van der Waals surface area contributed by atoms with Gasteiger partial charge in [-0.15, -0.1) is 0 Å². The van der Waals surface area contributed by atoms with Crippen molar-refractivity contribution in [3.63, 3.8) is 0 Å². The summed E-state index contributed by atoms with van der Waals surface area (Å²) in [5.74, 6) is 0.452. The minimum absolute atomic E-state index is 0.303. The standard InChI is InChI=1S/C20H22ClF4NO2/c1-2-15-12-16(7-8-18(15)21)27-10-4-9-26-13-14-5-3-6-17(11-14)28-20(24,25)19(22)23/h3,5-8,11-12,19,26H,2,4,9-10,13H2,1H3. The summed E-state index contributed by atoms with van der Waals surface area (Å²) < 4.78 is 60.1. The average molecular weight is 420 g/mol. The van der Waals surface area contributed by atoms with E-state index in [2.05, 4.69) is 10.1 Å². The van der Waals surface area contributed by atoms with Crippen molar-refractivity contribution in [2.45, 2.75) is 38.8 Å². The molecule has 0 saturated heterocycles. The second kappa shape index (κ2) is 10.5. The van der Waals surface area contributed by atoms with Crippen molar-refractivity contribution in [2.24, 2.45) is 0 Å². The molecule has 0 unspecified atom stereocenters. The third-order valence-electron chi connectivity index (χ3n) is 3.90. The molecule has 3 nitrogen and oxygen atoms in total. The lowest BCUT2D eigenvalue weighted by Crippen LogP contribution is -2.33. The van der Waals surface area contributed by atoms with Gasteiger partial charge in [0, 0.05) is 11.6 Å². The monoisotopic (exact) mass is 419 g/mol. The zero-order valence-electron chi connectivity index (χ0n) is 15.4. The number of aryl methyl sites for hydroxylation is 1. The summed E-state index contributed by atoms with van der Waals surface area (Å²) in [5.41, 5.74) is 1.67. The fourth-order valence-electron chi connectivity index (χ4n) is 2.45. The number of hydrogen-bond acceptors (Lipinski definition) is 3. The van der Waals surface area contributed by atoms with Gasteiger partial charge >= 0.3 is 12.5 Å². The molecular weight excluding hydrogens is 398 g/mol. The van der Waals surface area contributed by atoms with Crippen LogP contribution in [0.4, 0.5) is 17.6 Å². The molecule has 0 aliphatic heterocycles. The van der Waals surface area contributed by atoms with Crippen LogP contribution in [-0.2, 0) is 13.0 Å². The van der Waals surface area contributed by atoms with E-state index in [9.17, 15) is 17.6 Å². The average Bonchev–Trinajstić information content (AvgIpc) is 2.65. The van der Waals surface area contributed by atoms with Crippen molar-refractivity contribution in [1.82, 2.24) is 5.32 Å². The summed E-state index contributed by atoms with van der Waals surface area (Å²) in [7, 11) is 0. The van der Waals surface area contributed by atoms with Crippen LogP contribution in [0.25, 0.3) is 0 Å². The molecule has 0 spiro atoms. The molecule has 0 amide bonds. The number of rotatable bonds is 11. The van der Waals surface area contributed by atoms with Gasteiger partial charge in [0.1, 0.15) is 11.5 Å². The molecule has 2 aromatic carbocycles. The van der Waals surface area contributed by atoms with Gasteiger partial charge in [-0.1, -0.05) is 30.7 Å². The van der Waals surface area contributed by atoms with Gasteiger partial charge in [0.2, 0.25) is 0 Å². The van der Waals surface area contributed by atoms with Gasteiger partial charge in [0.25, 0.3) is 0 Å². The van der Waals surface area contributed by atoms with Crippen LogP contribution in [0.2, 0.25) is 5.02 Å². The molecule has 0 aliphatic carbocycles. The molecule has 0 radical (unpaired) electrons. The van der Waals surface area contributed by atoms with Gasteiger partial charge < -0.3 is 14.8 Å². The van der Waals surface area contributed by atoms with Crippen LogP contribution in [0.5, 0.6) is 11.5 Å². The minimum atomic E-state index is -4.51. The Morgan fingerprint density at radius 3 is 2.61 bits per heavy atom. The van der Waals surface area contributed by atoms with Gasteiger partial charge in [-0.2, -0.15) is 17.6 Å². The molecule has 0 heterocycles. The van der Waals surface area contributed by atoms with E-state index in [1.807, 2.05) is 19.1 Å². The van der Waals surface area contributed by atoms with E-state index < -0.39 is 12.5 Å². The number of halogens is 5. The second-order valence-corrected chi connectivity index (χ2v) is 6.50. The quantitative estimate of drug-likeness (QED) is 0.374. The lowest BCUT2D eigenvalue weighted by Gasteiger charge is -2.17. The third kappa shape index (κ3) is 6.87. The molecule has 8 heteroatoms. The van der Waals surface area contributed by atoms with Gasteiger partial charge in [-0.3, -0.25) is 0 Å². The van der Waals surface area contributed by atoms with Crippen molar-refractivity contribution in [3.05, 3.63) is 58.6 Å². The third-order valence-corrected chi connectivity index (χ3v) is 4.27. The number of alkyl halides is 4. The first-order valence-electron chi connectivity index (χ1n) is 8.87. The highest BCUT2D eigenvalue weighted by Gasteiger charge is 2.43. The maximum absolute atomic E-state index is 13.0. The van der Waals surface area contributed by atoms with Gasteiger partial charge in [0.15, 0.2) is 0 Å². The van der Waals surface area contributed by atoms with Crippen molar-refractivity contribution in [2.75, 3.05) is 13.2 Å². The smallest absolute Gasteiger partial charge is 0.461 e. The van der Waals surface area contributed by atoms with Gasteiger partial charge in [0.05, 0.1) is 6.61 Å². The summed E-state index contributed by atoms with van der Waals surface area (Å²) in [4.78, 5) is 0. The van der Waals surface area contributed by atoms with Gasteiger partial charge in [-0.25, -0.2) is 0 Å². The molecule has 154 valence electrons. The summed E-state index contributed by atoms with van der Waals surface area (Å²) in [5, 5.41) is 3.86. The molecule has 0 fully saturated rings. The van der Waals surface area contributed by atoms with Crippen LogP contribution < -0.4 is 14.8 Å². The topological polar surface area (TPSA) is 30.5 Å². The highest BCUT2D eigenvalue weighted by molar-refractivity contribution is 6.31. The van der Waals surface area contributed by atoms with Crippen molar-refractivity contribution in [1.29, 1.82) is 0 Å². The zero-order chi connectivity index (χ0) is 20.6. The Balaban J connectivity index is 1.72. The SMILES string of the molecule is CCc1cc(OCCCNCc2cccc(OC(F)(F)C(F)F)c2)ccc1Cl. The molecule has 0 atom stereocenters. The molecule has 2 aromatic rings.